The maximum Gasteiger partial charge on any atom is 0.526 e. The Hall–Kier alpha value is -2.71. The fraction of sp³-hybridized carbons (Fsp3) is 0.308. The topological polar surface area (TPSA) is 52.6 Å². The first-order valence-corrected chi connectivity index (χ1v) is 13.9. The van der Waals surface area contributed by atoms with E-state index in [1.54, 1.807) is 12.1 Å². The highest BCUT2D eigenvalue weighted by Crippen LogP contribution is 2.41. The molecule has 0 bridgehead atoms. The Balaban J connectivity index is 0.00000161. The van der Waals surface area contributed by atoms with Gasteiger partial charge in [0.15, 0.2) is 0 Å². The lowest BCUT2D eigenvalue weighted by atomic mass is 9.64. The van der Waals surface area contributed by atoms with Crippen LogP contribution in [0.3, 0.4) is 0 Å². The molecule has 0 amide bonds. The zero-order valence-electron chi connectivity index (χ0n) is 20.1. The number of rotatable bonds is 8. The molecule has 32 heavy (non-hydrogen) atoms. The van der Waals surface area contributed by atoms with E-state index in [1.807, 2.05) is 81.9 Å². The lowest BCUT2D eigenvalue weighted by Gasteiger charge is -2.41. The van der Waals surface area contributed by atoms with E-state index in [9.17, 15) is 9.59 Å². The molecule has 1 atom stereocenters. The Labute approximate surface area is 197 Å². The van der Waals surface area contributed by atoms with Crippen molar-refractivity contribution in [1.29, 1.82) is 0 Å². The molecular weight excluding hydrogens is 432 g/mol. The van der Waals surface area contributed by atoms with E-state index in [0.29, 0.717) is 5.19 Å². The molecule has 0 saturated carbocycles. The minimum absolute atomic E-state index is 0.0398. The van der Waals surface area contributed by atoms with Crippen LogP contribution in [0, 0.1) is 11.8 Å². The van der Waals surface area contributed by atoms with Crippen LogP contribution in [-0.2, 0) is 23.9 Å². The Kier molecular flexibility index (Phi) is 10.6. The van der Waals surface area contributed by atoms with Gasteiger partial charge in [0.2, 0.25) is 0 Å². The van der Waals surface area contributed by atoms with Gasteiger partial charge in [0, 0.05) is 22.4 Å². The third-order valence-electron chi connectivity index (χ3n) is 5.40. The second-order valence-corrected chi connectivity index (χ2v) is 11.7. The molecule has 0 aromatic heterocycles. The molecule has 0 aliphatic carbocycles. The summed E-state index contributed by atoms with van der Waals surface area (Å²) in [6.45, 7) is 16.7. The predicted octanol–water partition coefficient (Wildman–Crippen LogP) is 3.91. The number of benzene rings is 2. The lowest BCUT2D eigenvalue weighted by Crippen LogP contribution is -2.59. The molecule has 2 rings (SSSR count). The molecule has 6 heteroatoms. The van der Waals surface area contributed by atoms with Crippen molar-refractivity contribution in [2.75, 3.05) is 0 Å². The minimum atomic E-state index is -3.54. The third-order valence-corrected chi connectivity index (χ3v) is 8.15. The highest BCUT2D eigenvalue weighted by molar-refractivity contribution is 6.87. The van der Waals surface area contributed by atoms with Gasteiger partial charge >= 0.3 is 14.5 Å². The standard InChI is InChI=1S/C24H30O4Si.C2H6Si/c1-7-29(27-20(6)25,22-16-12-9-13-17-22)28-23(26)24(18(2)3,19(4)5)21-14-10-8-11-15-21;1-2-3/h7-19H,1H2,2-6H3;2H,1H2,3H3. The third kappa shape index (κ3) is 5.95. The molecule has 0 aliphatic rings. The molecular formula is C26H36O4Si2. The van der Waals surface area contributed by atoms with E-state index in [4.69, 9.17) is 8.85 Å². The Morgan fingerprint density at radius 3 is 1.72 bits per heavy atom. The van der Waals surface area contributed by atoms with E-state index in [-0.39, 0.29) is 11.8 Å². The van der Waals surface area contributed by atoms with E-state index < -0.39 is 25.9 Å². The normalized spacial score (nSPS) is 12.8. The van der Waals surface area contributed by atoms with Crippen molar-refractivity contribution in [3.63, 3.8) is 0 Å². The second kappa shape index (κ2) is 12.4. The van der Waals surface area contributed by atoms with Crippen LogP contribution in [0.2, 0.25) is 0 Å². The molecule has 0 aliphatic heterocycles. The molecule has 2 aromatic carbocycles. The van der Waals surface area contributed by atoms with Crippen molar-refractivity contribution < 1.29 is 18.4 Å². The van der Waals surface area contributed by atoms with Gasteiger partial charge in [-0.1, -0.05) is 94.9 Å². The molecule has 172 valence electrons. The largest absolute Gasteiger partial charge is 0.526 e. The molecule has 0 radical (unpaired) electrons. The van der Waals surface area contributed by atoms with Gasteiger partial charge in [-0.2, -0.15) is 0 Å². The molecule has 2 aromatic rings. The van der Waals surface area contributed by atoms with Crippen LogP contribution in [0.1, 0.15) is 40.2 Å². The quantitative estimate of drug-likeness (QED) is 0.551. The molecule has 0 N–H and O–H groups in total. The van der Waals surface area contributed by atoms with Gasteiger partial charge in [-0.3, -0.25) is 9.59 Å². The number of carbonyl (C=O) groups excluding carboxylic acids is 2. The van der Waals surface area contributed by atoms with Crippen molar-refractivity contribution in [2.45, 2.75) is 40.0 Å². The van der Waals surface area contributed by atoms with E-state index in [2.05, 4.69) is 13.2 Å². The maximum atomic E-state index is 13.9. The fourth-order valence-corrected chi connectivity index (χ4v) is 6.29. The van der Waals surface area contributed by atoms with Gasteiger partial charge in [-0.25, -0.2) is 0 Å². The first-order chi connectivity index (χ1) is 15.1. The van der Waals surface area contributed by atoms with Gasteiger partial charge in [0.25, 0.3) is 5.97 Å². The van der Waals surface area contributed by atoms with Crippen LogP contribution >= 0.6 is 0 Å². The Morgan fingerprint density at radius 1 is 0.906 bits per heavy atom. The van der Waals surface area contributed by atoms with E-state index >= 15 is 0 Å². The van der Waals surface area contributed by atoms with Crippen molar-refractivity contribution in [2.24, 2.45) is 11.8 Å². The highest BCUT2D eigenvalue weighted by Gasteiger charge is 2.53. The van der Waals surface area contributed by atoms with Crippen LogP contribution < -0.4 is 5.19 Å². The molecule has 4 nitrogen and oxygen atoms in total. The zero-order chi connectivity index (χ0) is 24.4. The van der Waals surface area contributed by atoms with Crippen LogP contribution in [0.15, 0.2) is 85.2 Å². The average molecular weight is 469 g/mol. The molecule has 0 heterocycles. The van der Waals surface area contributed by atoms with Crippen molar-refractivity contribution in [3.8, 4) is 0 Å². The maximum absolute atomic E-state index is 13.9. The van der Waals surface area contributed by atoms with Gasteiger partial charge in [0.05, 0.1) is 5.41 Å². The van der Waals surface area contributed by atoms with Crippen LogP contribution in [0.4, 0.5) is 0 Å². The lowest BCUT2D eigenvalue weighted by molar-refractivity contribution is -0.148. The number of hydrogen-bond donors (Lipinski definition) is 0. The number of carbonyl (C=O) groups is 2. The first kappa shape index (κ1) is 27.3. The van der Waals surface area contributed by atoms with Crippen LogP contribution in [0.25, 0.3) is 0 Å². The predicted molar refractivity (Wildman–Crippen MR) is 138 cm³/mol. The highest BCUT2D eigenvalue weighted by atomic mass is 28.4. The van der Waals surface area contributed by atoms with Crippen molar-refractivity contribution in [1.82, 2.24) is 0 Å². The van der Waals surface area contributed by atoms with Crippen molar-refractivity contribution >= 4 is 35.9 Å². The number of hydrogen-bond acceptors (Lipinski definition) is 4. The summed E-state index contributed by atoms with van der Waals surface area (Å²) in [5.74, 6) is -0.984. The molecule has 0 saturated heterocycles. The van der Waals surface area contributed by atoms with Gasteiger partial charge < -0.3 is 8.85 Å². The molecule has 0 fully saturated rings. The SMILES string of the molecule is C=C[SiH3].C=C[Si](OC(C)=O)(OC(=O)C(c1ccccc1)(C(C)C)C(C)C)c1ccccc1. The van der Waals surface area contributed by atoms with Gasteiger partial charge in [0.1, 0.15) is 0 Å². The minimum Gasteiger partial charge on any atom is -0.479 e. The average Bonchev–Trinajstić information content (AvgIpc) is 2.75. The Morgan fingerprint density at radius 2 is 1.34 bits per heavy atom. The summed E-state index contributed by atoms with van der Waals surface area (Å²) in [4.78, 5) is 25.8. The second-order valence-electron chi connectivity index (χ2n) is 8.17. The fourth-order valence-electron chi connectivity index (χ4n) is 4.08. The van der Waals surface area contributed by atoms with E-state index in [1.165, 1.54) is 12.6 Å². The van der Waals surface area contributed by atoms with Crippen molar-refractivity contribution in [3.05, 3.63) is 90.8 Å². The Bertz CT molecular complexity index is 887. The zero-order valence-corrected chi connectivity index (χ0v) is 23.1. The summed E-state index contributed by atoms with van der Waals surface area (Å²) in [6.07, 6.45) is 0. The first-order valence-electron chi connectivity index (χ1n) is 10.9. The summed E-state index contributed by atoms with van der Waals surface area (Å²) in [6, 6.07) is 18.8. The molecule has 1 unspecified atom stereocenters. The summed E-state index contributed by atoms with van der Waals surface area (Å²) >= 11 is 0. The summed E-state index contributed by atoms with van der Waals surface area (Å²) in [5.41, 5.74) is 3.38. The summed E-state index contributed by atoms with van der Waals surface area (Å²) < 4.78 is 11.8. The summed E-state index contributed by atoms with van der Waals surface area (Å²) in [5, 5.41) is 0.660. The molecule has 0 spiro atoms. The smallest absolute Gasteiger partial charge is 0.479 e. The van der Waals surface area contributed by atoms with Gasteiger partial charge in [-0.05, 0) is 23.1 Å². The van der Waals surface area contributed by atoms with Crippen LogP contribution in [-0.4, -0.2) is 30.7 Å². The van der Waals surface area contributed by atoms with E-state index in [0.717, 1.165) is 15.8 Å². The van der Waals surface area contributed by atoms with Gasteiger partial charge in [-0.15, -0.1) is 12.3 Å². The summed E-state index contributed by atoms with van der Waals surface area (Å²) in [7, 11) is -2.41. The van der Waals surface area contributed by atoms with Crippen LogP contribution in [0.5, 0.6) is 0 Å². The monoisotopic (exact) mass is 468 g/mol.